The van der Waals surface area contributed by atoms with Crippen LogP contribution in [0.25, 0.3) is 0 Å². The number of hydrogen-bond donors (Lipinski definition) is 1. The molecule has 2 atom stereocenters. The van der Waals surface area contributed by atoms with Crippen LogP contribution in [0.5, 0.6) is 0 Å². The van der Waals surface area contributed by atoms with Crippen molar-refractivity contribution < 1.29 is 4.79 Å². The van der Waals surface area contributed by atoms with Crippen molar-refractivity contribution in [3.63, 3.8) is 0 Å². The van der Waals surface area contributed by atoms with E-state index >= 15 is 0 Å². The molecule has 0 saturated carbocycles. The molecular formula is C16H24N2OS. The number of thioether (sulfide) groups is 1. The van der Waals surface area contributed by atoms with E-state index in [-0.39, 0.29) is 5.91 Å². The lowest BCUT2D eigenvalue weighted by Crippen LogP contribution is -2.44. The summed E-state index contributed by atoms with van der Waals surface area (Å²) in [4.78, 5) is 14.8. The number of carbonyl (C=O) groups is 1. The van der Waals surface area contributed by atoms with E-state index in [1.54, 1.807) is 0 Å². The predicted molar refractivity (Wildman–Crippen MR) is 86.5 cm³/mol. The molecule has 0 aliphatic carbocycles. The Hall–Kier alpha value is -1.00. The van der Waals surface area contributed by atoms with Crippen molar-refractivity contribution in [2.75, 3.05) is 26.7 Å². The van der Waals surface area contributed by atoms with Gasteiger partial charge in [0.1, 0.15) is 0 Å². The quantitative estimate of drug-likeness (QED) is 0.925. The Morgan fingerprint density at radius 1 is 1.30 bits per heavy atom. The largest absolute Gasteiger partial charge is 0.336 e. The molecule has 0 aromatic heterocycles. The molecule has 2 rings (SSSR count). The van der Waals surface area contributed by atoms with Crippen molar-refractivity contribution in [2.24, 2.45) is 0 Å². The minimum absolute atomic E-state index is 0.190. The van der Waals surface area contributed by atoms with Gasteiger partial charge in [-0.05, 0) is 31.6 Å². The Kier molecular flexibility index (Phi) is 5.49. The highest BCUT2D eigenvalue weighted by atomic mass is 32.2. The van der Waals surface area contributed by atoms with E-state index in [1.807, 2.05) is 41.9 Å². The second kappa shape index (κ2) is 7.14. The van der Waals surface area contributed by atoms with Crippen LogP contribution in [-0.2, 0) is 6.42 Å². The second-order valence-electron chi connectivity index (χ2n) is 5.48. The summed E-state index contributed by atoms with van der Waals surface area (Å²) in [5.74, 6) is 0.190. The van der Waals surface area contributed by atoms with Crippen LogP contribution in [0, 0.1) is 0 Å². The molecule has 2 unspecified atom stereocenters. The van der Waals surface area contributed by atoms with E-state index in [9.17, 15) is 4.79 Å². The molecule has 1 N–H and O–H groups in total. The topological polar surface area (TPSA) is 32.3 Å². The Morgan fingerprint density at radius 3 is 2.60 bits per heavy atom. The SMILES string of the molecule is CNCCc1ccccc1C(=O)N1CC(C)SC(C)C1. The summed E-state index contributed by atoms with van der Waals surface area (Å²) in [5.41, 5.74) is 2.01. The van der Waals surface area contributed by atoms with Gasteiger partial charge >= 0.3 is 0 Å². The summed E-state index contributed by atoms with van der Waals surface area (Å²) in [5, 5.41) is 4.19. The molecule has 1 saturated heterocycles. The van der Waals surface area contributed by atoms with Gasteiger partial charge in [-0.1, -0.05) is 32.0 Å². The minimum atomic E-state index is 0.190. The van der Waals surface area contributed by atoms with Crippen molar-refractivity contribution in [1.29, 1.82) is 0 Å². The molecule has 4 heteroatoms. The van der Waals surface area contributed by atoms with Crippen molar-refractivity contribution >= 4 is 17.7 Å². The lowest BCUT2D eigenvalue weighted by atomic mass is 10.0. The van der Waals surface area contributed by atoms with Crippen molar-refractivity contribution in [3.05, 3.63) is 35.4 Å². The van der Waals surface area contributed by atoms with E-state index in [1.165, 1.54) is 0 Å². The highest BCUT2D eigenvalue weighted by Gasteiger charge is 2.27. The summed E-state index contributed by atoms with van der Waals surface area (Å²) < 4.78 is 0. The molecule has 1 aliphatic rings. The zero-order valence-electron chi connectivity index (χ0n) is 12.6. The third-order valence-corrected chi connectivity index (χ3v) is 4.83. The van der Waals surface area contributed by atoms with Gasteiger partial charge in [-0.3, -0.25) is 4.79 Å². The standard InChI is InChI=1S/C16H24N2OS/c1-12-10-18(11-13(2)20-12)16(19)15-7-5-4-6-14(15)8-9-17-3/h4-7,12-13,17H,8-11H2,1-3H3. The van der Waals surface area contributed by atoms with E-state index in [0.717, 1.165) is 37.2 Å². The van der Waals surface area contributed by atoms with Crippen LogP contribution in [0.4, 0.5) is 0 Å². The third kappa shape index (κ3) is 3.76. The van der Waals surface area contributed by atoms with Gasteiger partial charge in [0, 0.05) is 29.2 Å². The van der Waals surface area contributed by atoms with Gasteiger partial charge in [-0.25, -0.2) is 0 Å². The average molecular weight is 292 g/mol. The molecule has 1 fully saturated rings. The third-order valence-electron chi connectivity index (χ3n) is 3.60. The zero-order valence-corrected chi connectivity index (χ0v) is 13.4. The molecule has 1 heterocycles. The molecule has 3 nitrogen and oxygen atoms in total. The highest BCUT2D eigenvalue weighted by Crippen LogP contribution is 2.26. The first-order valence-corrected chi connectivity index (χ1v) is 8.23. The van der Waals surface area contributed by atoms with Crippen LogP contribution in [0.2, 0.25) is 0 Å². The maximum absolute atomic E-state index is 12.8. The maximum atomic E-state index is 12.8. The molecule has 1 aromatic carbocycles. The maximum Gasteiger partial charge on any atom is 0.254 e. The number of rotatable bonds is 4. The summed E-state index contributed by atoms with van der Waals surface area (Å²) in [6.07, 6.45) is 0.895. The smallest absolute Gasteiger partial charge is 0.254 e. The van der Waals surface area contributed by atoms with E-state index in [2.05, 4.69) is 25.2 Å². The van der Waals surface area contributed by atoms with E-state index < -0.39 is 0 Å². The van der Waals surface area contributed by atoms with Gasteiger partial charge < -0.3 is 10.2 Å². The fraction of sp³-hybridized carbons (Fsp3) is 0.562. The summed E-state index contributed by atoms with van der Waals surface area (Å²) >= 11 is 1.97. The van der Waals surface area contributed by atoms with Gasteiger partial charge in [-0.2, -0.15) is 11.8 Å². The second-order valence-corrected chi connectivity index (χ2v) is 7.36. The molecular weight excluding hydrogens is 268 g/mol. The van der Waals surface area contributed by atoms with Crippen molar-refractivity contribution in [2.45, 2.75) is 30.8 Å². The predicted octanol–water partition coefficient (Wildman–Crippen LogP) is 2.41. The Bertz CT molecular complexity index is 454. The number of carbonyl (C=O) groups excluding carboxylic acids is 1. The van der Waals surface area contributed by atoms with Crippen molar-refractivity contribution in [1.82, 2.24) is 10.2 Å². The van der Waals surface area contributed by atoms with Crippen molar-refractivity contribution in [3.8, 4) is 0 Å². The van der Waals surface area contributed by atoms with Gasteiger partial charge in [0.25, 0.3) is 5.91 Å². The lowest BCUT2D eigenvalue weighted by molar-refractivity contribution is 0.0752. The molecule has 0 radical (unpaired) electrons. The summed E-state index contributed by atoms with van der Waals surface area (Å²) in [6.45, 7) is 7.01. The van der Waals surface area contributed by atoms with Crippen LogP contribution in [-0.4, -0.2) is 48.0 Å². The minimum Gasteiger partial charge on any atom is -0.336 e. The number of amides is 1. The molecule has 1 aliphatic heterocycles. The highest BCUT2D eigenvalue weighted by molar-refractivity contribution is 8.00. The van der Waals surface area contributed by atoms with E-state index in [4.69, 9.17) is 0 Å². The molecule has 0 spiro atoms. The van der Waals surface area contributed by atoms with Crippen LogP contribution >= 0.6 is 11.8 Å². The first kappa shape index (κ1) is 15.4. The monoisotopic (exact) mass is 292 g/mol. The van der Waals surface area contributed by atoms with Crippen LogP contribution in [0.3, 0.4) is 0 Å². The van der Waals surface area contributed by atoms with Gasteiger partial charge in [-0.15, -0.1) is 0 Å². The zero-order chi connectivity index (χ0) is 14.5. The number of benzene rings is 1. The Morgan fingerprint density at radius 2 is 1.95 bits per heavy atom. The molecule has 110 valence electrons. The molecule has 20 heavy (non-hydrogen) atoms. The first-order valence-electron chi connectivity index (χ1n) is 7.29. The molecule has 1 aromatic rings. The summed E-state index contributed by atoms with van der Waals surface area (Å²) in [7, 11) is 1.94. The Labute approximate surface area is 126 Å². The van der Waals surface area contributed by atoms with E-state index in [0.29, 0.717) is 10.5 Å². The molecule has 1 amide bonds. The number of nitrogens with zero attached hydrogens (tertiary/aromatic N) is 1. The van der Waals surface area contributed by atoms with Gasteiger partial charge in [0.15, 0.2) is 0 Å². The van der Waals surface area contributed by atoms with Crippen LogP contribution in [0.1, 0.15) is 29.8 Å². The number of nitrogens with one attached hydrogen (secondary N) is 1. The fourth-order valence-electron chi connectivity index (χ4n) is 2.72. The van der Waals surface area contributed by atoms with Gasteiger partial charge in [0.2, 0.25) is 0 Å². The normalized spacial score (nSPS) is 22.9. The van der Waals surface area contributed by atoms with Crippen LogP contribution < -0.4 is 5.32 Å². The first-order chi connectivity index (χ1) is 9.61. The summed E-state index contributed by atoms with van der Waals surface area (Å²) in [6, 6.07) is 8.00. The number of likely N-dealkylation sites (N-methyl/N-ethyl adjacent to an activating group) is 1. The average Bonchev–Trinajstić information content (AvgIpc) is 2.43. The fourth-order valence-corrected chi connectivity index (χ4v) is 4.05. The lowest BCUT2D eigenvalue weighted by Gasteiger charge is -2.35. The Balaban J connectivity index is 2.15. The van der Waals surface area contributed by atoms with Crippen LogP contribution in [0.15, 0.2) is 24.3 Å². The molecule has 0 bridgehead atoms. The van der Waals surface area contributed by atoms with Gasteiger partial charge in [0.05, 0.1) is 0 Å². The number of hydrogen-bond acceptors (Lipinski definition) is 3.